The number of hydrogen-bond acceptors (Lipinski definition) is 5. The Hall–Kier alpha value is -2.28. The molecule has 2 N–H and O–H groups in total. The van der Waals surface area contributed by atoms with Crippen molar-refractivity contribution in [2.45, 2.75) is 38.8 Å². The summed E-state index contributed by atoms with van der Waals surface area (Å²) in [6.45, 7) is 6.72. The van der Waals surface area contributed by atoms with Gasteiger partial charge >= 0.3 is 5.97 Å². The first-order valence-corrected chi connectivity index (χ1v) is 8.39. The zero-order valence-corrected chi connectivity index (χ0v) is 14.6. The van der Waals surface area contributed by atoms with Gasteiger partial charge in [0, 0.05) is 18.4 Å². The van der Waals surface area contributed by atoms with Gasteiger partial charge in [0.2, 0.25) is 0 Å². The molecule has 0 spiro atoms. The Kier molecular flexibility index (Phi) is 4.36. The van der Waals surface area contributed by atoms with E-state index >= 15 is 0 Å². The lowest BCUT2D eigenvalue weighted by Gasteiger charge is -2.58. The van der Waals surface area contributed by atoms with Crippen LogP contribution in [0.5, 0.6) is 11.5 Å². The quantitative estimate of drug-likeness (QED) is 0.842. The fraction of sp³-hybridized carbons (Fsp3) is 0.556. The smallest absolute Gasteiger partial charge is 0.330 e. The minimum atomic E-state index is -1.39. The molecule has 7 nitrogen and oxygen atoms in total. The van der Waals surface area contributed by atoms with Crippen LogP contribution in [0.25, 0.3) is 0 Å². The van der Waals surface area contributed by atoms with Crippen LogP contribution in [-0.2, 0) is 9.53 Å². The molecule has 1 amide bonds. The van der Waals surface area contributed by atoms with Crippen LogP contribution in [0.3, 0.4) is 0 Å². The van der Waals surface area contributed by atoms with E-state index < -0.39 is 22.8 Å². The third-order valence-corrected chi connectivity index (χ3v) is 5.27. The van der Waals surface area contributed by atoms with Crippen molar-refractivity contribution in [2.75, 3.05) is 19.8 Å². The molecule has 0 saturated heterocycles. The number of ether oxygens (including phenoxy) is 3. The minimum Gasteiger partial charge on any atom is -0.486 e. The van der Waals surface area contributed by atoms with E-state index in [0.29, 0.717) is 31.3 Å². The Morgan fingerprint density at radius 1 is 1.32 bits per heavy atom. The van der Waals surface area contributed by atoms with Gasteiger partial charge in [0.05, 0.1) is 11.7 Å². The molecule has 2 unspecified atom stereocenters. The number of fused-ring (bicyclic) bond motifs is 1. The molecular weight excluding hydrogens is 326 g/mol. The normalized spacial score (nSPS) is 26.4. The van der Waals surface area contributed by atoms with Crippen LogP contribution in [0.2, 0.25) is 0 Å². The number of nitrogens with one attached hydrogen (secondary N) is 1. The van der Waals surface area contributed by atoms with Crippen molar-refractivity contribution >= 4 is 11.9 Å². The third kappa shape index (κ3) is 2.63. The summed E-state index contributed by atoms with van der Waals surface area (Å²) < 4.78 is 16.7. The molecular formula is C18H23NO6. The molecule has 2 atom stereocenters. The number of hydrogen-bond donors (Lipinski definition) is 2. The average molecular weight is 349 g/mol. The monoisotopic (exact) mass is 349 g/mol. The Morgan fingerprint density at radius 3 is 2.68 bits per heavy atom. The maximum atomic E-state index is 12.8. The number of carbonyl (C=O) groups is 2. The Morgan fingerprint density at radius 2 is 2.04 bits per heavy atom. The maximum Gasteiger partial charge on any atom is 0.330 e. The topological polar surface area (TPSA) is 94.1 Å². The predicted octanol–water partition coefficient (Wildman–Crippen LogP) is 1.85. The summed E-state index contributed by atoms with van der Waals surface area (Å²) in [4.78, 5) is 24.8. The van der Waals surface area contributed by atoms with E-state index in [4.69, 9.17) is 14.2 Å². The van der Waals surface area contributed by atoms with E-state index in [1.54, 1.807) is 32.0 Å². The Labute approximate surface area is 146 Å². The molecule has 7 heteroatoms. The molecule has 0 aromatic heterocycles. The van der Waals surface area contributed by atoms with Gasteiger partial charge in [-0.25, -0.2) is 4.79 Å². The van der Waals surface area contributed by atoms with Crippen LogP contribution in [0.1, 0.15) is 37.6 Å². The zero-order valence-electron chi connectivity index (χ0n) is 14.6. The lowest BCUT2D eigenvalue weighted by Crippen LogP contribution is -2.76. The molecule has 3 rings (SSSR count). The van der Waals surface area contributed by atoms with Crippen LogP contribution in [0.15, 0.2) is 18.2 Å². The largest absolute Gasteiger partial charge is 0.486 e. The van der Waals surface area contributed by atoms with E-state index in [0.717, 1.165) is 0 Å². The number of para-hydroxylation sites is 1. The maximum absolute atomic E-state index is 12.8. The van der Waals surface area contributed by atoms with Crippen molar-refractivity contribution < 1.29 is 28.9 Å². The molecule has 1 heterocycles. The van der Waals surface area contributed by atoms with Gasteiger partial charge in [-0.2, -0.15) is 0 Å². The van der Waals surface area contributed by atoms with Crippen molar-refractivity contribution in [3.63, 3.8) is 0 Å². The minimum absolute atomic E-state index is 0.224. The number of benzene rings is 1. The van der Waals surface area contributed by atoms with Crippen molar-refractivity contribution in [3.8, 4) is 11.5 Å². The third-order valence-electron chi connectivity index (χ3n) is 5.27. The molecule has 0 bridgehead atoms. The molecule has 1 aromatic carbocycles. The molecule has 1 aliphatic carbocycles. The predicted molar refractivity (Wildman–Crippen MR) is 89.1 cm³/mol. The summed E-state index contributed by atoms with van der Waals surface area (Å²) in [5.41, 5.74) is -1.85. The van der Waals surface area contributed by atoms with Crippen LogP contribution in [0.4, 0.5) is 0 Å². The first kappa shape index (κ1) is 17.5. The number of carboxylic acid groups (broad SMARTS) is 1. The van der Waals surface area contributed by atoms with E-state index in [2.05, 4.69) is 5.32 Å². The van der Waals surface area contributed by atoms with Crippen LogP contribution in [-0.4, -0.2) is 48.4 Å². The second-order valence-corrected chi connectivity index (χ2v) is 6.86. The van der Waals surface area contributed by atoms with Crippen LogP contribution >= 0.6 is 0 Å². The number of amides is 1. The van der Waals surface area contributed by atoms with Gasteiger partial charge in [0.15, 0.2) is 11.5 Å². The highest BCUT2D eigenvalue weighted by Crippen LogP contribution is 2.52. The van der Waals surface area contributed by atoms with Gasteiger partial charge < -0.3 is 24.6 Å². The average Bonchev–Trinajstić information content (AvgIpc) is 2.59. The number of carboxylic acids is 1. The first-order valence-electron chi connectivity index (χ1n) is 8.39. The van der Waals surface area contributed by atoms with Crippen molar-refractivity contribution in [3.05, 3.63) is 23.8 Å². The van der Waals surface area contributed by atoms with Gasteiger partial charge in [0.25, 0.3) is 5.91 Å². The van der Waals surface area contributed by atoms with Crippen LogP contribution < -0.4 is 14.8 Å². The molecule has 1 fully saturated rings. The van der Waals surface area contributed by atoms with Gasteiger partial charge in [-0.1, -0.05) is 19.9 Å². The molecule has 1 aromatic rings. The summed E-state index contributed by atoms with van der Waals surface area (Å²) in [6, 6.07) is 5.01. The summed E-state index contributed by atoms with van der Waals surface area (Å²) in [5.74, 6) is -0.717. The molecule has 1 saturated carbocycles. The SMILES string of the molecule is CCOC1CC(NC(=O)c2cccc3c2OCCO3)(C(=O)O)C1(C)C. The van der Waals surface area contributed by atoms with E-state index in [1.807, 2.05) is 6.92 Å². The summed E-state index contributed by atoms with van der Waals surface area (Å²) in [6.07, 6.45) is -0.000409. The van der Waals surface area contributed by atoms with Gasteiger partial charge in [0.1, 0.15) is 18.8 Å². The Bertz CT molecular complexity index is 701. The fourth-order valence-corrected chi connectivity index (χ4v) is 3.55. The van der Waals surface area contributed by atoms with E-state index in [-0.39, 0.29) is 18.1 Å². The van der Waals surface area contributed by atoms with Crippen molar-refractivity contribution in [1.29, 1.82) is 0 Å². The standard InChI is InChI=1S/C18H23NO6/c1-4-23-13-10-18(16(21)22,17(13,2)3)19-15(20)11-6-5-7-12-14(11)25-9-8-24-12/h5-7,13H,4,8-10H2,1-3H3,(H,19,20)(H,21,22). The molecule has 25 heavy (non-hydrogen) atoms. The highest BCUT2D eigenvalue weighted by molar-refractivity contribution is 6.01. The van der Waals surface area contributed by atoms with Crippen molar-refractivity contribution in [2.24, 2.45) is 5.41 Å². The Balaban J connectivity index is 1.88. The fourth-order valence-electron chi connectivity index (χ4n) is 3.55. The first-order chi connectivity index (χ1) is 11.8. The number of rotatable bonds is 5. The van der Waals surface area contributed by atoms with E-state index in [9.17, 15) is 14.7 Å². The molecule has 1 aliphatic heterocycles. The van der Waals surface area contributed by atoms with Gasteiger partial charge in [-0.3, -0.25) is 4.79 Å². The highest BCUT2D eigenvalue weighted by Gasteiger charge is 2.66. The zero-order chi connectivity index (χ0) is 18.2. The lowest BCUT2D eigenvalue weighted by molar-refractivity contribution is -0.190. The molecule has 2 aliphatic rings. The molecule has 0 radical (unpaired) electrons. The van der Waals surface area contributed by atoms with E-state index in [1.165, 1.54) is 0 Å². The summed E-state index contributed by atoms with van der Waals surface area (Å²) >= 11 is 0. The van der Waals surface area contributed by atoms with Gasteiger partial charge in [-0.05, 0) is 19.1 Å². The van der Waals surface area contributed by atoms with Crippen LogP contribution in [0, 0.1) is 5.41 Å². The second-order valence-electron chi connectivity index (χ2n) is 6.86. The molecule has 136 valence electrons. The summed E-state index contributed by atoms with van der Waals surface area (Å²) in [7, 11) is 0. The van der Waals surface area contributed by atoms with Gasteiger partial charge in [-0.15, -0.1) is 0 Å². The number of aliphatic carboxylic acids is 1. The highest BCUT2D eigenvalue weighted by atomic mass is 16.6. The van der Waals surface area contributed by atoms with Crippen molar-refractivity contribution in [1.82, 2.24) is 5.32 Å². The second kappa shape index (κ2) is 6.22. The summed E-state index contributed by atoms with van der Waals surface area (Å²) in [5, 5.41) is 12.5. The lowest BCUT2D eigenvalue weighted by atomic mass is 9.54. The number of carbonyl (C=O) groups excluding carboxylic acids is 1.